The number of rotatable bonds is 5. The summed E-state index contributed by atoms with van der Waals surface area (Å²) in [5.74, 6) is -1.44. The molecule has 0 aromatic heterocycles. The van der Waals surface area contributed by atoms with Gasteiger partial charge in [-0.25, -0.2) is 18.0 Å². The highest BCUT2D eigenvalue weighted by Gasteiger charge is 2.29. The number of benzene rings is 1. The summed E-state index contributed by atoms with van der Waals surface area (Å²) in [4.78, 5) is 26.2. The van der Waals surface area contributed by atoms with Gasteiger partial charge in [-0.05, 0) is 36.4 Å². The average Bonchev–Trinajstić information content (AvgIpc) is 3.01. The second kappa shape index (κ2) is 9.24. The summed E-state index contributed by atoms with van der Waals surface area (Å²) in [6.45, 7) is 1.30. The Bertz CT molecular complexity index is 1000. The van der Waals surface area contributed by atoms with Gasteiger partial charge in [0.25, 0.3) is 0 Å². The molecule has 0 bridgehead atoms. The van der Waals surface area contributed by atoms with Crippen molar-refractivity contribution in [2.75, 3.05) is 45.4 Å². The lowest BCUT2D eigenvalue weighted by molar-refractivity contribution is -0.139. The Kier molecular flexibility index (Phi) is 6.70. The molecule has 1 aromatic rings. The summed E-state index contributed by atoms with van der Waals surface area (Å²) in [6, 6.07) is 6.03. The van der Waals surface area contributed by atoms with Crippen molar-refractivity contribution in [3.05, 3.63) is 60.0 Å². The van der Waals surface area contributed by atoms with Crippen molar-refractivity contribution in [2.24, 2.45) is 0 Å². The third kappa shape index (κ3) is 4.30. The van der Waals surface area contributed by atoms with Gasteiger partial charge in [0.15, 0.2) is 0 Å². The van der Waals surface area contributed by atoms with Gasteiger partial charge >= 0.3 is 11.9 Å². The molecule has 0 saturated carbocycles. The van der Waals surface area contributed by atoms with E-state index in [9.17, 15) is 18.0 Å². The van der Waals surface area contributed by atoms with E-state index in [2.05, 4.69) is 0 Å². The highest BCUT2D eigenvalue weighted by Crippen LogP contribution is 2.28. The predicted octanol–water partition coefficient (Wildman–Crippen LogP) is 1.20. The van der Waals surface area contributed by atoms with Gasteiger partial charge in [0.05, 0.1) is 37.9 Å². The van der Waals surface area contributed by atoms with Crippen molar-refractivity contribution < 1.29 is 32.2 Å². The van der Waals surface area contributed by atoms with E-state index in [1.807, 2.05) is 0 Å². The van der Waals surface area contributed by atoms with Gasteiger partial charge in [0.1, 0.15) is 5.70 Å². The summed E-state index contributed by atoms with van der Waals surface area (Å²) in [5.41, 5.74) is 0.440. The third-order valence-electron chi connectivity index (χ3n) is 4.61. The van der Waals surface area contributed by atoms with Crippen LogP contribution >= 0.6 is 0 Å². The number of allylic oxidation sites excluding steroid dienone is 2. The fourth-order valence-electron chi connectivity index (χ4n) is 3.08. The molecule has 0 radical (unpaired) electrons. The minimum Gasteiger partial charge on any atom is -0.465 e. The number of hydrogen-bond donors (Lipinski definition) is 0. The number of carbonyl (C=O) groups excluding carboxylic acids is 2. The van der Waals surface area contributed by atoms with E-state index in [0.717, 1.165) is 0 Å². The molecule has 1 aromatic carbocycles. The highest BCUT2D eigenvalue weighted by molar-refractivity contribution is 7.89. The molecule has 30 heavy (non-hydrogen) atoms. The average molecular weight is 434 g/mol. The van der Waals surface area contributed by atoms with E-state index in [1.54, 1.807) is 30.5 Å². The van der Waals surface area contributed by atoms with Crippen molar-refractivity contribution >= 4 is 27.6 Å². The third-order valence-corrected chi connectivity index (χ3v) is 6.52. The molecule has 2 heterocycles. The van der Waals surface area contributed by atoms with E-state index >= 15 is 0 Å². The molecule has 1 fully saturated rings. The first-order chi connectivity index (χ1) is 14.4. The summed E-state index contributed by atoms with van der Waals surface area (Å²) >= 11 is 0. The number of nitrogens with zero attached hydrogens (tertiary/aromatic N) is 2. The highest BCUT2D eigenvalue weighted by atomic mass is 32.2. The summed E-state index contributed by atoms with van der Waals surface area (Å²) in [6.07, 6.45) is 6.25. The van der Waals surface area contributed by atoms with E-state index in [0.29, 0.717) is 32.0 Å². The van der Waals surface area contributed by atoms with E-state index in [-0.39, 0.29) is 16.2 Å². The molecule has 0 unspecified atom stereocenters. The topological polar surface area (TPSA) is 102 Å². The molecular weight excluding hydrogens is 412 g/mol. The maximum atomic E-state index is 12.8. The van der Waals surface area contributed by atoms with Gasteiger partial charge in [-0.1, -0.05) is 6.08 Å². The fourth-order valence-corrected chi connectivity index (χ4v) is 4.49. The van der Waals surface area contributed by atoms with Gasteiger partial charge in [-0.3, -0.25) is 0 Å². The van der Waals surface area contributed by atoms with Gasteiger partial charge < -0.3 is 19.1 Å². The van der Waals surface area contributed by atoms with Crippen LogP contribution in [0.2, 0.25) is 0 Å². The van der Waals surface area contributed by atoms with Crippen LogP contribution in [0.5, 0.6) is 0 Å². The molecule has 9 nitrogen and oxygen atoms in total. The molecule has 0 atom stereocenters. The van der Waals surface area contributed by atoms with Crippen LogP contribution in [0.15, 0.2) is 64.9 Å². The molecule has 10 heteroatoms. The summed E-state index contributed by atoms with van der Waals surface area (Å²) < 4.78 is 41.8. The Balaban J connectivity index is 1.99. The maximum absolute atomic E-state index is 12.8. The van der Waals surface area contributed by atoms with Crippen LogP contribution in [0.4, 0.5) is 5.69 Å². The zero-order valence-electron chi connectivity index (χ0n) is 16.6. The first kappa shape index (κ1) is 21.8. The van der Waals surface area contributed by atoms with Crippen molar-refractivity contribution in [1.29, 1.82) is 0 Å². The normalized spacial score (nSPS) is 17.6. The molecular formula is C20H22N2O7S. The molecule has 0 aliphatic carbocycles. The lowest BCUT2D eigenvalue weighted by Gasteiger charge is -2.26. The van der Waals surface area contributed by atoms with Crippen LogP contribution < -0.4 is 4.90 Å². The number of anilines is 1. The van der Waals surface area contributed by atoms with Crippen molar-refractivity contribution in [3.8, 4) is 0 Å². The van der Waals surface area contributed by atoms with Crippen molar-refractivity contribution in [1.82, 2.24) is 4.31 Å². The quantitative estimate of drug-likeness (QED) is 0.637. The van der Waals surface area contributed by atoms with Crippen molar-refractivity contribution in [3.63, 3.8) is 0 Å². The van der Waals surface area contributed by atoms with E-state index in [1.165, 1.54) is 41.6 Å². The van der Waals surface area contributed by atoms with Crippen LogP contribution in [-0.4, -0.2) is 65.2 Å². The number of methoxy groups -OCH3 is 2. The number of carbonyl (C=O) groups is 2. The second-order valence-electron chi connectivity index (χ2n) is 6.33. The number of esters is 2. The van der Waals surface area contributed by atoms with Gasteiger partial charge in [0.2, 0.25) is 10.0 Å². The smallest absolute Gasteiger partial charge is 0.355 e. The minimum absolute atomic E-state index is 0.0133. The van der Waals surface area contributed by atoms with Gasteiger partial charge in [0, 0.05) is 25.0 Å². The first-order valence-electron chi connectivity index (χ1n) is 9.13. The molecule has 3 rings (SSSR count). The number of hydrogen-bond acceptors (Lipinski definition) is 8. The largest absolute Gasteiger partial charge is 0.465 e. The standard InChI is InChI=1S/C20H22N2O7S/c1-27-19(23)17-5-3-4-10-22(18(17)20(24)28-2)15-6-8-16(9-7-15)30(25,26)21-11-13-29-14-12-21/h3-10H,11-14H2,1-2H3. The molecule has 160 valence electrons. The number of morpholine rings is 1. The Morgan fingerprint density at radius 2 is 1.60 bits per heavy atom. The van der Waals surface area contributed by atoms with Crippen LogP contribution in [0, 0.1) is 0 Å². The van der Waals surface area contributed by atoms with Crippen LogP contribution in [0.25, 0.3) is 0 Å². The predicted molar refractivity (Wildman–Crippen MR) is 108 cm³/mol. The first-order valence-corrected chi connectivity index (χ1v) is 10.6. The SMILES string of the molecule is COC(=O)C1=C(C(=O)OC)N(c2ccc(S(=O)(=O)N3CCOCC3)cc2)C=CC=C1. The summed E-state index contributed by atoms with van der Waals surface area (Å²) in [7, 11) is -1.23. The number of ether oxygens (including phenoxy) is 3. The van der Waals surface area contributed by atoms with Crippen LogP contribution in [-0.2, 0) is 33.8 Å². The Morgan fingerprint density at radius 1 is 0.967 bits per heavy atom. The lowest BCUT2D eigenvalue weighted by atomic mass is 10.1. The summed E-state index contributed by atoms with van der Waals surface area (Å²) in [5, 5.41) is 0. The number of sulfonamides is 1. The monoisotopic (exact) mass is 434 g/mol. The Labute approximate surface area is 174 Å². The Hall–Kier alpha value is -2.95. The maximum Gasteiger partial charge on any atom is 0.355 e. The molecule has 2 aliphatic heterocycles. The van der Waals surface area contributed by atoms with Crippen LogP contribution in [0.3, 0.4) is 0 Å². The lowest BCUT2D eigenvalue weighted by Crippen LogP contribution is -2.40. The zero-order valence-corrected chi connectivity index (χ0v) is 17.4. The molecule has 0 N–H and O–H groups in total. The van der Waals surface area contributed by atoms with Gasteiger partial charge in [-0.15, -0.1) is 0 Å². The molecule has 2 aliphatic rings. The Morgan fingerprint density at radius 3 is 2.20 bits per heavy atom. The van der Waals surface area contributed by atoms with E-state index in [4.69, 9.17) is 14.2 Å². The fraction of sp³-hybridized carbons (Fsp3) is 0.300. The minimum atomic E-state index is -3.65. The molecule has 1 saturated heterocycles. The van der Waals surface area contributed by atoms with Crippen LogP contribution in [0.1, 0.15) is 0 Å². The molecule has 0 amide bonds. The van der Waals surface area contributed by atoms with E-state index < -0.39 is 22.0 Å². The zero-order chi connectivity index (χ0) is 21.7. The van der Waals surface area contributed by atoms with Crippen molar-refractivity contribution in [2.45, 2.75) is 4.90 Å². The second-order valence-corrected chi connectivity index (χ2v) is 8.26. The van der Waals surface area contributed by atoms with Gasteiger partial charge in [-0.2, -0.15) is 4.31 Å². The molecule has 0 spiro atoms.